The molecule has 1 heterocycles. The van der Waals surface area contributed by atoms with Crippen LogP contribution in [0.3, 0.4) is 0 Å². The molecule has 1 aromatic rings. The Morgan fingerprint density at radius 3 is 3.08 bits per heavy atom. The van der Waals surface area contributed by atoms with Gasteiger partial charge in [-0.3, -0.25) is 4.79 Å². The number of aromatic amines is 1. The average molecular weight is 181 g/mol. The van der Waals surface area contributed by atoms with E-state index in [-0.39, 0.29) is 5.97 Å². The highest BCUT2D eigenvalue weighted by molar-refractivity contribution is 5.69. The number of ether oxygens (including phenoxy) is 1. The highest BCUT2D eigenvalue weighted by Gasteiger charge is 2.01. The predicted molar refractivity (Wildman–Crippen MR) is 50.4 cm³/mol. The molecule has 0 bridgehead atoms. The quantitative estimate of drug-likeness (QED) is 0.705. The van der Waals surface area contributed by atoms with Crippen LogP contribution in [0.25, 0.3) is 0 Å². The summed E-state index contributed by atoms with van der Waals surface area (Å²) in [5.74, 6) is -0.0990. The Morgan fingerprint density at radius 1 is 1.62 bits per heavy atom. The summed E-state index contributed by atoms with van der Waals surface area (Å²) in [5.41, 5.74) is 1.24. The third-order valence-corrected chi connectivity index (χ3v) is 1.81. The first-order valence-electron chi connectivity index (χ1n) is 4.60. The summed E-state index contributed by atoms with van der Waals surface area (Å²) in [5, 5.41) is 0. The van der Waals surface area contributed by atoms with Gasteiger partial charge in [0.25, 0.3) is 0 Å². The molecule has 0 aliphatic heterocycles. The van der Waals surface area contributed by atoms with Crippen molar-refractivity contribution in [1.82, 2.24) is 4.98 Å². The second-order valence-electron chi connectivity index (χ2n) is 2.88. The summed E-state index contributed by atoms with van der Waals surface area (Å²) in [7, 11) is 0. The zero-order chi connectivity index (χ0) is 9.52. The van der Waals surface area contributed by atoms with Crippen LogP contribution in [0.1, 0.15) is 25.3 Å². The minimum absolute atomic E-state index is 0.0990. The molecule has 0 amide bonds. The highest BCUT2D eigenvalue weighted by atomic mass is 16.5. The van der Waals surface area contributed by atoms with E-state index in [4.69, 9.17) is 4.74 Å². The number of carbonyl (C=O) groups excluding carboxylic acids is 1. The molecule has 0 spiro atoms. The molecule has 0 fully saturated rings. The molecule has 1 aromatic heterocycles. The fourth-order valence-electron chi connectivity index (χ4n) is 1.18. The van der Waals surface area contributed by atoms with E-state index in [0.717, 1.165) is 12.8 Å². The van der Waals surface area contributed by atoms with Crippen LogP contribution in [-0.2, 0) is 16.0 Å². The lowest BCUT2D eigenvalue weighted by Crippen LogP contribution is -2.03. The molecule has 0 radical (unpaired) electrons. The predicted octanol–water partition coefficient (Wildman–Crippen LogP) is 1.90. The van der Waals surface area contributed by atoms with Gasteiger partial charge in [-0.15, -0.1) is 0 Å². The first kappa shape index (κ1) is 9.84. The first-order valence-corrected chi connectivity index (χ1v) is 4.60. The molecule has 13 heavy (non-hydrogen) atoms. The number of hydrogen-bond donors (Lipinski definition) is 1. The van der Waals surface area contributed by atoms with Crippen LogP contribution in [0.15, 0.2) is 18.5 Å². The van der Waals surface area contributed by atoms with Crippen LogP contribution in [0.5, 0.6) is 0 Å². The number of esters is 1. The lowest BCUT2D eigenvalue weighted by molar-refractivity contribution is -0.143. The van der Waals surface area contributed by atoms with E-state index in [1.807, 2.05) is 25.4 Å². The lowest BCUT2D eigenvalue weighted by atomic mass is 10.1. The van der Waals surface area contributed by atoms with Crippen molar-refractivity contribution in [2.75, 3.05) is 6.61 Å². The van der Waals surface area contributed by atoms with E-state index in [9.17, 15) is 4.79 Å². The first-order chi connectivity index (χ1) is 6.33. The van der Waals surface area contributed by atoms with Crippen LogP contribution in [0.4, 0.5) is 0 Å². The molecule has 0 aromatic carbocycles. The van der Waals surface area contributed by atoms with Crippen molar-refractivity contribution in [3.05, 3.63) is 24.0 Å². The third-order valence-electron chi connectivity index (χ3n) is 1.81. The lowest BCUT2D eigenvalue weighted by Gasteiger charge is -2.00. The second-order valence-corrected chi connectivity index (χ2v) is 2.88. The van der Waals surface area contributed by atoms with E-state index < -0.39 is 0 Å². The fraction of sp³-hybridized carbons (Fsp3) is 0.500. The van der Waals surface area contributed by atoms with Gasteiger partial charge in [0.15, 0.2) is 0 Å². The molecule has 72 valence electrons. The molecule has 3 heteroatoms. The molecule has 0 saturated heterocycles. The number of carbonyl (C=O) groups is 1. The number of rotatable bonds is 5. The fourth-order valence-corrected chi connectivity index (χ4v) is 1.18. The van der Waals surface area contributed by atoms with Gasteiger partial charge in [-0.1, -0.05) is 0 Å². The number of H-pyrrole nitrogens is 1. The Balaban J connectivity index is 2.11. The Labute approximate surface area is 78.1 Å². The van der Waals surface area contributed by atoms with Gasteiger partial charge < -0.3 is 9.72 Å². The molecule has 0 atom stereocenters. The molecular formula is C10H15NO2. The summed E-state index contributed by atoms with van der Waals surface area (Å²) in [6.07, 6.45) is 6.14. The van der Waals surface area contributed by atoms with Crippen molar-refractivity contribution in [1.29, 1.82) is 0 Å². The summed E-state index contributed by atoms with van der Waals surface area (Å²) >= 11 is 0. The molecule has 0 saturated carbocycles. The summed E-state index contributed by atoms with van der Waals surface area (Å²) in [6, 6.07) is 2.02. The topological polar surface area (TPSA) is 42.1 Å². The minimum Gasteiger partial charge on any atom is -0.466 e. The Morgan fingerprint density at radius 2 is 2.46 bits per heavy atom. The van der Waals surface area contributed by atoms with Gasteiger partial charge in [-0.2, -0.15) is 0 Å². The average Bonchev–Trinajstić information content (AvgIpc) is 2.57. The minimum atomic E-state index is -0.0990. The maximum atomic E-state index is 10.9. The Hall–Kier alpha value is -1.25. The Kier molecular flexibility index (Phi) is 4.09. The monoisotopic (exact) mass is 181 g/mol. The summed E-state index contributed by atoms with van der Waals surface area (Å²) in [6.45, 7) is 2.30. The van der Waals surface area contributed by atoms with Crippen LogP contribution in [0, 0.1) is 0 Å². The number of hydrogen-bond acceptors (Lipinski definition) is 2. The molecule has 3 nitrogen and oxygen atoms in total. The largest absolute Gasteiger partial charge is 0.466 e. The molecule has 1 N–H and O–H groups in total. The zero-order valence-corrected chi connectivity index (χ0v) is 7.88. The van der Waals surface area contributed by atoms with Crippen molar-refractivity contribution in [2.24, 2.45) is 0 Å². The number of aryl methyl sites for hydroxylation is 1. The van der Waals surface area contributed by atoms with Crippen molar-refractivity contribution in [3.63, 3.8) is 0 Å². The van der Waals surface area contributed by atoms with E-state index in [1.165, 1.54) is 5.56 Å². The normalized spacial score (nSPS) is 9.92. The molecule has 0 aliphatic carbocycles. The SMILES string of the molecule is CCOC(=O)CCCc1cc[nH]c1. The maximum absolute atomic E-state index is 10.9. The zero-order valence-electron chi connectivity index (χ0n) is 7.88. The number of nitrogens with one attached hydrogen (secondary N) is 1. The van der Waals surface area contributed by atoms with Gasteiger partial charge in [-0.25, -0.2) is 0 Å². The van der Waals surface area contributed by atoms with Gasteiger partial charge in [0.2, 0.25) is 0 Å². The van der Waals surface area contributed by atoms with Gasteiger partial charge in [0.05, 0.1) is 6.61 Å². The molecular weight excluding hydrogens is 166 g/mol. The third kappa shape index (κ3) is 3.78. The van der Waals surface area contributed by atoms with Gasteiger partial charge in [-0.05, 0) is 31.4 Å². The van der Waals surface area contributed by atoms with Crippen molar-refractivity contribution < 1.29 is 9.53 Å². The molecule has 1 rings (SSSR count). The van der Waals surface area contributed by atoms with Gasteiger partial charge in [0, 0.05) is 18.8 Å². The number of aromatic nitrogens is 1. The van der Waals surface area contributed by atoms with Crippen molar-refractivity contribution >= 4 is 5.97 Å². The van der Waals surface area contributed by atoms with Gasteiger partial charge in [0.1, 0.15) is 0 Å². The Bertz CT molecular complexity index is 241. The van der Waals surface area contributed by atoms with Crippen LogP contribution in [-0.4, -0.2) is 17.6 Å². The summed E-state index contributed by atoms with van der Waals surface area (Å²) in [4.78, 5) is 13.9. The van der Waals surface area contributed by atoms with Crippen LogP contribution >= 0.6 is 0 Å². The van der Waals surface area contributed by atoms with Crippen molar-refractivity contribution in [2.45, 2.75) is 26.2 Å². The second kappa shape index (κ2) is 5.41. The van der Waals surface area contributed by atoms with Crippen LogP contribution < -0.4 is 0 Å². The molecule has 0 aliphatic rings. The van der Waals surface area contributed by atoms with E-state index in [1.54, 1.807) is 0 Å². The van der Waals surface area contributed by atoms with Gasteiger partial charge >= 0.3 is 5.97 Å². The van der Waals surface area contributed by atoms with Crippen molar-refractivity contribution in [3.8, 4) is 0 Å². The maximum Gasteiger partial charge on any atom is 0.305 e. The summed E-state index contributed by atoms with van der Waals surface area (Å²) < 4.78 is 4.81. The van der Waals surface area contributed by atoms with E-state index >= 15 is 0 Å². The van der Waals surface area contributed by atoms with Crippen LogP contribution in [0.2, 0.25) is 0 Å². The smallest absolute Gasteiger partial charge is 0.305 e. The van der Waals surface area contributed by atoms with E-state index in [0.29, 0.717) is 13.0 Å². The standard InChI is InChI=1S/C10H15NO2/c1-2-13-10(12)5-3-4-9-6-7-11-8-9/h6-8,11H,2-5H2,1H3. The molecule has 0 unspecified atom stereocenters. The van der Waals surface area contributed by atoms with E-state index in [2.05, 4.69) is 4.98 Å². The highest BCUT2D eigenvalue weighted by Crippen LogP contribution is 2.03.